The van der Waals surface area contributed by atoms with Crippen LogP contribution in [0.1, 0.15) is 40.0 Å². The Bertz CT molecular complexity index is 123. The predicted octanol–water partition coefficient (Wildman–Crippen LogP) is 1.93. The van der Waals surface area contributed by atoms with E-state index < -0.39 is 0 Å². The minimum absolute atomic E-state index is 0.169. The molecule has 0 radical (unpaired) electrons. The number of nitrogens with two attached hydrogens (primary N) is 1. The highest BCUT2D eigenvalue weighted by Crippen LogP contribution is 2.21. The van der Waals surface area contributed by atoms with Crippen LogP contribution in [0.15, 0.2) is 0 Å². The lowest BCUT2D eigenvalue weighted by Gasteiger charge is -2.19. The summed E-state index contributed by atoms with van der Waals surface area (Å²) in [6, 6.07) is 0. The molecule has 0 aliphatic rings. The van der Waals surface area contributed by atoms with Gasteiger partial charge in [0, 0.05) is 6.42 Å². The minimum atomic E-state index is -0.169. The van der Waals surface area contributed by atoms with Crippen LogP contribution in [0.5, 0.6) is 0 Å². The van der Waals surface area contributed by atoms with Gasteiger partial charge in [-0.3, -0.25) is 4.79 Å². The van der Waals surface area contributed by atoms with Crippen molar-refractivity contribution in [1.82, 2.24) is 0 Å². The van der Waals surface area contributed by atoms with Crippen LogP contribution in [-0.4, -0.2) is 5.91 Å². The Hall–Kier alpha value is -0.530. The van der Waals surface area contributed by atoms with Crippen LogP contribution in [0.3, 0.4) is 0 Å². The summed E-state index contributed by atoms with van der Waals surface area (Å²) in [6.07, 6.45) is 2.73. The van der Waals surface area contributed by atoms with Crippen molar-refractivity contribution in [1.29, 1.82) is 0 Å². The zero-order valence-electron chi connectivity index (χ0n) is 7.76. The first-order valence-corrected chi connectivity index (χ1v) is 4.40. The zero-order valence-corrected chi connectivity index (χ0v) is 7.76. The molecule has 0 fully saturated rings. The maximum absolute atomic E-state index is 10.6. The van der Waals surface area contributed by atoms with Gasteiger partial charge in [0.15, 0.2) is 0 Å². The van der Waals surface area contributed by atoms with Crippen molar-refractivity contribution < 1.29 is 4.79 Å². The molecule has 0 saturated heterocycles. The summed E-state index contributed by atoms with van der Waals surface area (Å²) in [5, 5.41) is 0. The van der Waals surface area contributed by atoms with Gasteiger partial charge in [-0.05, 0) is 11.8 Å². The molecule has 0 spiro atoms. The molecule has 0 aromatic carbocycles. The van der Waals surface area contributed by atoms with E-state index in [4.69, 9.17) is 5.73 Å². The van der Waals surface area contributed by atoms with E-state index in [-0.39, 0.29) is 5.91 Å². The van der Waals surface area contributed by atoms with Gasteiger partial charge in [-0.15, -0.1) is 0 Å². The van der Waals surface area contributed by atoms with Crippen molar-refractivity contribution in [2.75, 3.05) is 0 Å². The third-order valence-electron chi connectivity index (χ3n) is 2.44. The molecule has 2 nitrogen and oxygen atoms in total. The quantitative estimate of drug-likeness (QED) is 0.651. The Balaban J connectivity index is 3.84. The normalized spacial score (nSPS) is 15.9. The average Bonchev–Trinajstić information content (AvgIpc) is 1.98. The summed E-state index contributed by atoms with van der Waals surface area (Å²) < 4.78 is 0. The molecule has 0 bridgehead atoms. The van der Waals surface area contributed by atoms with E-state index in [1.165, 1.54) is 0 Å². The summed E-state index contributed by atoms with van der Waals surface area (Å²) in [6.45, 7) is 6.44. The molecule has 2 unspecified atom stereocenters. The molecule has 0 aliphatic heterocycles. The van der Waals surface area contributed by atoms with Crippen LogP contribution < -0.4 is 5.73 Å². The molecular weight excluding hydrogens is 138 g/mol. The maximum atomic E-state index is 10.6. The van der Waals surface area contributed by atoms with Crippen LogP contribution in [0.4, 0.5) is 0 Å². The topological polar surface area (TPSA) is 43.1 Å². The fourth-order valence-corrected chi connectivity index (χ4v) is 1.34. The molecule has 0 aliphatic carbocycles. The molecule has 2 heteroatoms. The summed E-state index contributed by atoms with van der Waals surface area (Å²) in [5.74, 6) is 0.933. The number of rotatable bonds is 5. The third-order valence-corrected chi connectivity index (χ3v) is 2.44. The van der Waals surface area contributed by atoms with E-state index in [0.717, 1.165) is 12.8 Å². The van der Waals surface area contributed by atoms with Gasteiger partial charge < -0.3 is 5.73 Å². The van der Waals surface area contributed by atoms with Crippen molar-refractivity contribution in [2.24, 2.45) is 17.6 Å². The first-order valence-electron chi connectivity index (χ1n) is 4.40. The standard InChI is InChI=1S/C9H19NO/c1-4-7(3)8(5-2)6-9(10)11/h7-8H,4-6H2,1-3H3,(H2,10,11). The molecule has 0 aromatic rings. The first kappa shape index (κ1) is 10.5. The maximum Gasteiger partial charge on any atom is 0.217 e. The molecule has 2 atom stereocenters. The van der Waals surface area contributed by atoms with Crippen molar-refractivity contribution in [3.05, 3.63) is 0 Å². The van der Waals surface area contributed by atoms with Crippen molar-refractivity contribution in [3.8, 4) is 0 Å². The summed E-state index contributed by atoms with van der Waals surface area (Å²) in [4.78, 5) is 10.6. The Morgan fingerprint density at radius 3 is 2.18 bits per heavy atom. The van der Waals surface area contributed by atoms with Crippen LogP contribution in [0.2, 0.25) is 0 Å². The van der Waals surface area contributed by atoms with Gasteiger partial charge in [-0.1, -0.05) is 33.6 Å². The predicted molar refractivity (Wildman–Crippen MR) is 47.0 cm³/mol. The largest absolute Gasteiger partial charge is 0.370 e. The monoisotopic (exact) mass is 157 g/mol. The Labute approximate surface area is 69.2 Å². The third kappa shape index (κ3) is 4.02. The van der Waals surface area contributed by atoms with Gasteiger partial charge in [0.2, 0.25) is 5.91 Å². The fraction of sp³-hybridized carbons (Fsp3) is 0.889. The SMILES string of the molecule is CCC(C)C(CC)CC(N)=O. The summed E-state index contributed by atoms with van der Waals surface area (Å²) in [7, 11) is 0. The summed E-state index contributed by atoms with van der Waals surface area (Å²) in [5.41, 5.74) is 5.12. The second kappa shape index (κ2) is 5.16. The van der Waals surface area contributed by atoms with Crippen LogP contribution in [0.25, 0.3) is 0 Å². The van der Waals surface area contributed by atoms with Crippen molar-refractivity contribution in [3.63, 3.8) is 0 Å². The van der Waals surface area contributed by atoms with Crippen molar-refractivity contribution >= 4 is 5.91 Å². The highest BCUT2D eigenvalue weighted by atomic mass is 16.1. The van der Waals surface area contributed by atoms with Gasteiger partial charge in [0.1, 0.15) is 0 Å². The number of carbonyl (C=O) groups excluding carboxylic acids is 1. The smallest absolute Gasteiger partial charge is 0.217 e. The average molecular weight is 157 g/mol. The number of primary amides is 1. The molecule has 0 rings (SSSR count). The number of hydrogen-bond acceptors (Lipinski definition) is 1. The molecule has 1 amide bonds. The second-order valence-electron chi connectivity index (χ2n) is 3.22. The van der Waals surface area contributed by atoms with Crippen LogP contribution in [-0.2, 0) is 4.79 Å². The molecule has 11 heavy (non-hydrogen) atoms. The highest BCUT2D eigenvalue weighted by Gasteiger charge is 2.15. The van der Waals surface area contributed by atoms with Gasteiger partial charge >= 0.3 is 0 Å². The van der Waals surface area contributed by atoms with E-state index in [9.17, 15) is 4.79 Å². The van der Waals surface area contributed by atoms with Crippen LogP contribution in [0, 0.1) is 11.8 Å². The fourth-order valence-electron chi connectivity index (χ4n) is 1.34. The number of amides is 1. The highest BCUT2D eigenvalue weighted by molar-refractivity contribution is 5.73. The second-order valence-corrected chi connectivity index (χ2v) is 3.22. The van der Waals surface area contributed by atoms with Crippen LogP contribution >= 0.6 is 0 Å². The molecule has 2 N–H and O–H groups in total. The van der Waals surface area contributed by atoms with E-state index >= 15 is 0 Å². The molecule has 0 heterocycles. The molecule has 0 aromatic heterocycles. The van der Waals surface area contributed by atoms with E-state index in [0.29, 0.717) is 18.3 Å². The lowest BCUT2D eigenvalue weighted by Crippen LogP contribution is -2.20. The van der Waals surface area contributed by atoms with Gasteiger partial charge in [0.25, 0.3) is 0 Å². The molecular formula is C9H19NO. The van der Waals surface area contributed by atoms with Gasteiger partial charge in [-0.2, -0.15) is 0 Å². The number of carbonyl (C=O) groups is 1. The van der Waals surface area contributed by atoms with Gasteiger partial charge in [0.05, 0.1) is 0 Å². The van der Waals surface area contributed by atoms with E-state index in [1.54, 1.807) is 0 Å². The summed E-state index contributed by atoms with van der Waals surface area (Å²) >= 11 is 0. The van der Waals surface area contributed by atoms with E-state index in [2.05, 4.69) is 20.8 Å². The zero-order chi connectivity index (χ0) is 8.85. The Morgan fingerprint density at radius 2 is 1.91 bits per heavy atom. The Kier molecular flexibility index (Phi) is 4.92. The lowest BCUT2D eigenvalue weighted by molar-refractivity contribution is -0.119. The van der Waals surface area contributed by atoms with Crippen molar-refractivity contribution in [2.45, 2.75) is 40.0 Å². The Morgan fingerprint density at radius 1 is 1.36 bits per heavy atom. The molecule has 0 saturated carbocycles. The lowest BCUT2D eigenvalue weighted by atomic mass is 9.87. The first-order chi connectivity index (χ1) is 5.11. The van der Waals surface area contributed by atoms with E-state index in [1.807, 2.05) is 0 Å². The minimum Gasteiger partial charge on any atom is -0.370 e. The molecule has 66 valence electrons. The number of hydrogen-bond donors (Lipinski definition) is 1. The van der Waals surface area contributed by atoms with Gasteiger partial charge in [-0.25, -0.2) is 0 Å².